The maximum atomic E-state index is 12.2. The van der Waals surface area contributed by atoms with Gasteiger partial charge in [0.25, 0.3) is 0 Å². The van der Waals surface area contributed by atoms with E-state index >= 15 is 0 Å². The molecule has 3 rings (SSSR count). The summed E-state index contributed by atoms with van der Waals surface area (Å²) in [4.78, 5) is 12.2. The zero-order valence-corrected chi connectivity index (χ0v) is 13.8. The van der Waals surface area contributed by atoms with Crippen molar-refractivity contribution in [2.24, 2.45) is 0 Å². The van der Waals surface area contributed by atoms with Gasteiger partial charge in [0, 0.05) is 18.1 Å². The van der Waals surface area contributed by atoms with E-state index in [1.807, 2.05) is 0 Å². The van der Waals surface area contributed by atoms with Crippen molar-refractivity contribution in [3.63, 3.8) is 0 Å². The first-order valence-corrected chi connectivity index (χ1v) is 7.95. The SMILES string of the molecule is CCOC(=O)c1c(O)cc(O)c2c1OC(c1ccc(O)c(O)c1)C(O)C2. The fraction of sp³-hybridized carbons (Fsp3) is 0.278. The van der Waals surface area contributed by atoms with E-state index in [9.17, 15) is 30.3 Å². The summed E-state index contributed by atoms with van der Waals surface area (Å²) in [7, 11) is 0. The number of hydrogen-bond acceptors (Lipinski definition) is 8. The number of aliphatic hydroxyl groups excluding tert-OH is 1. The molecular weight excluding hydrogens is 344 g/mol. The summed E-state index contributed by atoms with van der Waals surface area (Å²) >= 11 is 0. The van der Waals surface area contributed by atoms with Gasteiger partial charge >= 0.3 is 5.97 Å². The third kappa shape index (κ3) is 2.95. The topological polar surface area (TPSA) is 137 Å². The summed E-state index contributed by atoms with van der Waals surface area (Å²) in [5, 5.41) is 49.6. The number of carbonyl (C=O) groups excluding carboxylic acids is 1. The molecule has 2 unspecified atom stereocenters. The molecule has 0 radical (unpaired) electrons. The molecule has 0 aliphatic carbocycles. The summed E-state index contributed by atoms with van der Waals surface area (Å²) in [6.07, 6.45) is -2.15. The zero-order chi connectivity index (χ0) is 19.0. The maximum absolute atomic E-state index is 12.2. The van der Waals surface area contributed by atoms with Crippen molar-refractivity contribution >= 4 is 5.97 Å². The van der Waals surface area contributed by atoms with Crippen LogP contribution < -0.4 is 4.74 Å². The van der Waals surface area contributed by atoms with Crippen molar-refractivity contribution in [1.82, 2.24) is 0 Å². The van der Waals surface area contributed by atoms with Crippen molar-refractivity contribution in [2.45, 2.75) is 25.6 Å². The second kappa shape index (κ2) is 6.64. The molecule has 8 nitrogen and oxygen atoms in total. The Kier molecular flexibility index (Phi) is 4.52. The lowest BCUT2D eigenvalue weighted by molar-refractivity contribution is 0.0172. The second-order valence-corrected chi connectivity index (χ2v) is 5.88. The van der Waals surface area contributed by atoms with Crippen LogP contribution in [0.15, 0.2) is 24.3 Å². The van der Waals surface area contributed by atoms with E-state index in [0.717, 1.165) is 6.07 Å². The summed E-state index contributed by atoms with van der Waals surface area (Å²) < 4.78 is 10.6. The molecule has 2 atom stereocenters. The van der Waals surface area contributed by atoms with E-state index < -0.39 is 29.7 Å². The molecule has 0 fully saturated rings. The average Bonchev–Trinajstić information content (AvgIpc) is 2.58. The third-order valence-electron chi connectivity index (χ3n) is 4.16. The maximum Gasteiger partial charge on any atom is 0.345 e. The van der Waals surface area contributed by atoms with Gasteiger partial charge in [-0.2, -0.15) is 0 Å². The van der Waals surface area contributed by atoms with Crippen LogP contribution in [-0.2, 0) is 11.2 Å². The van der Waals surface area contributed by atoms with E-state index in [1.54, 1.807) is 6.92 Å². The van der Waals surface area contributed by atoms with Crippen LogP contribution in [0.4, 0.5) is 0 Å². The molecule has 2 aromatic rings. The molecule has 5 N–H and O–H groups in total. The minimum atomic E-state index is -1.10. The van der Waals surface area contributed by atoms with E-state index in [0.29, 0.717) is 5.56 Å². The number of aliphatic hydroxyl groups is 1. The number of carbonyl (C=O) groups is 1. The number of phenolic OH excluding ortho intramolecular Hbond substituents is 4. The first kappa shape index (κ1) is 17.7. The first-order valence-electron chi connectivity index (χ1n) is 7.95. The average molecular weight is 362 g/mol. The normalized spacial score (nSPS) is 18.7. The van der Waals surface area contributed by atoms with Gasteiger partial charge in [-0.15, -0.1) is 0 Å². The predicted molar refractivity (Wildman–Crippen MR) is 88.6 cm³/mol. The standard InChI is InChI=1S/C18H18O8/c1-2-25-18(24)15-13(22)7-11(20)9-6-14(23)16(26-17(9)15)8-3-4-10(19)12(21)5-8/h3-5,7,14,16,19-23H,2,6H2,1H3. The summed E-state index contributed by atoms with van der Waals surface area (Å²) in [6.45, 7) is 1.68. The lowest BCUT2D eigenvalue weighted by Crippen LogP contribution is -2.31. The number of ether oxygens (including phenoxy) is 2. The van der Waals surface area contributed by atoms with Gasteiger partial charge in [0.2, 0.25) is 0 Å². The Morgan fingerprint density at radius 2 is 1.85 bits per heavy atom. The van der Waals surface area contributed by atoms with E-state index in [4.69, 9.17) is 9.47 Å². The van der Waals surface area contributed by atoms with Gasteiger partial charge in [-0.25, -0.2) is 4.79 Å². The quantitative estimate of drug-likeness (QED) is 0.411. The Bertz CT molecular complexity index is 861. The third-order valence-corrected chi connectivity index (χ3v) is 4.16. The molecule has 0 saturated carbocycles. The molecular formula is C18H18O8. The molecule has 1 aliphatic heterocycles. The summed E-state index contributed by atoms with van der Waals surface area (Å²) in [6, 6.07) is 4.90. The highest BCUT2D eigenvalue weighted by molar-refractivity contribution is 5.96. The lowest BCUT2D eigenvalue weighted by Gasteiger charge is -2.32. The van der Waals surface area contributed by atoms with Crippen molar-refractivity contribution in [3.8, 4) is 28.7 Å². The fourth-order valence-electron chi connectivity index (χ4n) is 2.93. The van der Waals surface area contributed by atoms with Crippen LogP contribution in [-0.4, -0.2) is 44.2 Å². The van der Waals surface area contributed by atoms with Crippen LogP contribution in [0.5, 0.6) is 28.7 Å². The summed E-state index contributed by atoms with van der Waals surface area (Å²) in [5.41, 5.74) is 0.258. The van der Waals surface area contributed by atoms with Gasteiger partial charge in [-0.3, -0.25) is 0 Å². The number of rotatable bonds is 3. The fourth-order valence-corrected chi connectivity index (χ4v) is 2.93. The minimum Gasteiger partial charge on any atom is -0.507 e. The van der Waals surface area contributed by atoms with Gasteiger partial charge in [0.15, 0.2) is 17.6 Å². The van der Waals surface area contributed by atoms with E-state index in [1.165, 1.54) is 18.2 Å². The Morgan fingerprint density at radius 1 is 1.12 bits per heavy atom. The van der Waals surface area contributed by atoms with Crippen LogP contribution in [0.3, 0.4) is 0 Å². The summed E-state index contributed by atoms with van der Waals surface area (Å²) in [5.74, 6) is -2.48. The molecule has 26 heavy (non-hydrogen) atoms. The molecule has 1 heterocycles. The highest BCUT2D eigenvalue weighted by Crippen LogP contribution is 2.46. The smallest absolute Gasteiger partial charge is 0.345 e. The molecule has 0 bridgehead atoms. The Balaban J connectivity index is 2.09. The number of fused-ring (bicyclic) bond motifs is 1. The highest BCUT2D eigenvalue weighted by Gasteiger charge is 2.36. The van der Waals surface area contributed by atoms with Crippen molar-refractivity contribution < 1.29 is 39.8 Å². The van der Waals surface area contributed by atoms with Crippen molar-refractivity contribution in [3.05, 3.63) is 41.0 Å². The van der Waals surface area contributed by atoms with Crippen LogP contribution in [0.2, 0.25) is 0 Å². The second-order valence-electron chi connectivity index (χ2n) is 5.88. The van der Waals surface area contributed by atoms with Gasteiger partial charge in [0.05, 0.1) is 12.7 Å². The number of benzene rings is 2. The molecule has 0 saturated heterocycles. The Labute approximate surface area is 148 Å². The zero-order valence-electron chi connectivity index (χ0n) is 13.8. The van der Waals surface area contributed by atoms with Crippen LogP contribution in [0, 0.1) is 0 Å². The number of hydrogen-bond donors (Lipinski definition) is 5. The predicted octanol–water partition coefficient (Wildman–Crippen LogP) is 1.72. The Hall–Kier alpha value is -3.13. The number of aromatic hydroxyl groups is 4. The molecule has 0 spiro atoms. The Morgan fingerprint density at radius 3 is 2.50 bits per heavy atom. The van der Waals surface area contributed by atoms with Crippen molar-refractivity contribution in [1.29, 1.82) is 0 Å². The van der Waals surface area contributed by atoms with Gasteiger partial charge < -0.3 is 35.0 Å². The number of phenols is 4. The highest BCUT2D eigenvalue weighted by atomic mass is 16.5. The van der Waals surface area contributed by atoms with Gasteiger partial charge in [-0.1, -0.05) is 6.07 Å². The first-order chi connectivity index (χ1) is 12.3. The van der Waals surface area contributed by atoms with Crippen LogP contribution in [0.25, 0.3) is 0 Å². The molecule has 8 heteroatoms. The molecule has 0 aromatic heterocycles. The van der Waals surface area contributed by atoms with E-state index in [2.05, 4.69) is 0 Å². The molecule has 138 valence electrons. The molecule has 0 amide bonds. The minimum absolute atomic E-state index is 0.0554. The lowest BCUT2D eigenvalue weighted by atomic mass is 9.92. The van der Waals surface area contributed by atoms with E-state index in [-0.39, 0.29) is 41.4 Å². The number of esters is 1. The monoisotopic (exact) mass is 362 g/mol. The van der Waals surface area contributed by atoms with Crippen LogP contribution >= 0.6 is 0 Å². The molecule has 1 aliphatic rings. The van der Waals surface area contributed by atoms with Gasteiger partial charge in [0.1, 0.15) is 22.8 Å². The van der Waals surface area contributed by atoms with Crippen molar-refractivity contribution in [2.75, 3.05) is 6.61 Å². The largest absolute Gasteiger partial charge is 0.507 e. The van der Waals surface area contributed by atoms with Gasteiger partial charge in [-0.05, 0) is 24.6 Å². The molecule has 2 aromatic carbocycles. The van der Waals surface area contributed by atoms with Crippen LogP contribution in [0.1, 0.15) is 34.5 Å².